The molecule has 0 heterocycles. The van der Waals surface area contributed by atoms with Gasteiger partial charge in [-0.1, -0.05) is 17.7 Å². The molecular weight excluding hydrogens is 364 g/mol. The normalized spacial score (nSPS) is 10.5. The van der Waals surface area contributed by atoms with E-state index in [1.807, 2.05) is 0 Å². The third-order valence-electron chi connectivity index (χ3n) is 3.10. The molecule has 0 aliphatic rings. The first-order chi connectivity index (χ1) is 12.4. The fourth-order valence-electron chi connectivity index (χ4n) is 1.88. The smallest absolute Gasteiger partial charge is 0.311 e. The van der Waals surface area contributed by atoms with E-state index >= 15 is 0 Å². The van der Waals surface area contributed by atoms with Crippen molar-refractivity contribution in [3.05, 3.63) is 68.7 Å². The minimum Gasteiger partial charge on any atom is -0.502 e. The first kappa shape index (κ1) is 18.9. The zero-order chi connectivity index (χ0) is 19.1. The van der Waals surface area contributed by atoms with Crippen LogP contribution in [0.4, 0.5) is 5.69 Å². The van der Waals surface area contributed by atoms with Crippen LogP contribution in [0.1, 0.15) is 15.9 Å². The predicted octanol–water partition coefficient (Wildman–Crippen LogP) is 1.83. The highest BCUT2D eigenvalue weighted by atomic mass is 35.5. The van der Waals surface area contributed by atoms with E-state index in [0.717, 1.165) is 12.1 Å². The number of nitro benzene ring substituents is 1. The van der Waals surface area contributed by atoms with Gasteiger partial charge in [0.1, 0.15) is 0 Å². The molecule has 0 bridgehead atoms. The molecule has 10 heteroatoms. The molecule has 0 unspecified atom stereocenters. The van der Waals surface area contributed by atoms with Crippen molar-refractivity contribution in [2.45, 2.75) is 0 Å². The third kappa shape index (κ3) is 5.28. The number of carbonyl (C=O) groups excluding carboxylic acids is 2. The number of halogens is 1. The van der Waals surface area contributed by atoms with Gasteiger partial charge < -0.3 is 10.4 Å². The standard InChI is InChI=1S/C16H13ClN4O5/c17-12-3-1-2-11(7-12)16(24)18-9-15(23)20-19-8-10-4-5-14(22)13(6-10)21(25)26/h1-8,22H,9H2,(H,18,24)(H,20,23). The van der Waals surface area contributed by atoms with Crippen LogP contribution in [0.5, 0.6) is 5.75 Å². The van der Waals surface area contributed by atoms with Crippen molar-refractivity contribution in [1.29, 1.82) is 0 Å². The largest absolute Gasteiger partial charge is 0.502 e. The Labute approximate surface area is 152 Å². The highest BCUT2D eigenvalue weighted by molar-refractivity contribution is 6.30. The van der Waals surface area contributed by atoms with E-state index < -0.39 is 28.2 Å². The summed E-state index contributed by atoms with van der Waals surface area (Å²) in [5.74, 6) is -1.54. The summed E-state index contributed by atoms with van der Waals surface area (Å²) < 4.78 is 0. The van der Waals surface area contributed by atoms with Crippen molar-refractivity contribution < 1.29 is 19.6 Å². The quantitative estimate of drug-likeness (QED) is 0.401. The predicted molar refractivity (Wildman–Crippen MR) is 94.3 cm³/mol. The molecule has 0 aromatic heterocycles. The first-order valence-electron chi connectivity index (χ1n) is 7.20. The number of carbonyl (C=O) groups is 2. The van der Waals surface area contributed by atoms with Gasteiger partial charge in [-0.2, -0.15) is 5.10 Å². The molecule has 0 aliphatic carbocycles. The molecule has 0 saturated heterocycles. The number of phenols is 1. The lowest BCUT2D eigenvalue weighted by Gasteiger charge is -2.04. The Morgan fingerprint density at radius 1 is 1.27 bits per heavy atom. The van der Waals surface area contributed by atoms with Gasteiger partial charge in [0.25, 0.3) is 11.8 Å². The van der Waals surface area contributed by atoms with Crippen LogP contribution < -0.4 is 10.7 Å². The Kier molecular flexibility index (Phi) is 6.23. The number of amides is 2. The van der Waals surface area contributed by atoms with Crippen LogP contribution in [0.2, 0.25) is 5.02 Å². The number of nitro groups is 1. The number of aromatic hydroxyl groups is 1. The van der Waals surface area contributed by atoms with Gasteiger partial charge in [-0.25, -0.2) is 5.43 Å². The SMILES string of the molecule is O=C(CNC(=O)c1cccc(Cl)c1)NN=Cc1ccc(O)c([N+](=O)[O-])c1. The Bertz CT molecular complexity index is 885. The second kappa shape index (κ2) is 8.58. The Balaban J connectivity index is 1.87. The lowest BCUT2D eigenvalue weighted by molar-refractivity contribution is -0.385. The van der Waals surface area contributed by atoms with E-state index in [4.69, 9.17) is 11.6 Å². The average molecular weight is 377 g/mol. The van der Waals surface area contributed by atoms with E-state index in [1.54, 1.807) is 18.2 Å². The van der Waals surface area contributed by atoms with Gasteiger partial charge in [0.2, 0.25) is 0 Å². The summed E-state index contributed by atoms with van der Waals surface area (Å²) in [6.07, 6.45) is 1.17. The maximum atomic E-state index is 11.9. The molecule has 2 aromatic rings. The van der Waals surface area contributed by atoms with Crippen LogP contribution >= 0.6 is 11.6 Å². The van der Waals surface area contributed by atoms with E-state index in [1.165, 1.54) is 18.3 Å². The molecule has 3 N–H and O–H groups in total. The van der Waals surface area contributed by atoms with Gasteiger partial charge in [-0.3, -0.25) is 19.7 Å². The van der Waals surface area contributed by atoms with Crippen LogP contribution in [-0.2, 0) is 4.79 Å². The molecule has 2 aromatic carbocycles. The lowest BCUT2D eigenvalue weighted by atomic mass is 10.2. The van der Waals surface area contributed by atoms with Crippen molar-refractivity contribution in [3.8, 4) is 5.75 Å². The average Bonchev–Trinajstić information content (AvgIpc) is 2.60. The molecule has 0 spiro atoms. The molecule has 26 heavy (non-hydrogen) atoms. The van der Waals surface area contributed by atoms with Crippen molar-refractivity contribution in [3.63, 3.8) is 0 Å². The number of hydrogen-bond donors (Lipinski definition) is 3. The molecule has 134 valence electrons. The van der Waals surface area contributed by atoms with Gasteiger partial charge in [-0.05, 0) is 30.3 Å². The van der Waals surface area contributed by atoms with Crippen molar-refractivity contribution >= 4 is 35.3 Å². The fraction of sp³-hybridized carbons (Fsp3) is 0.0625. The number of hydrogen-bond acceptors (Lipinski definition) is 6. The summed E-state index contributed by atoms with van der Waals surface area (Å²) >= 11 is 5.78. The molecule has 0 fully saturated rings. The van der Waals surface area contributed by atoms with Gasteiger partial charge >= 0.3 is 5.69 Å². The van der Waals surface area contributed by atoms with Crippen LogP contribution in [0, 0.1) is 10.1 Å². The molecular formula is C16H13ClN4O5. The number of phenolic OH excluding ortho intramolecular Hbond substituents is 1. The first-order valence-corrected chi connectivity index (χ1v) is 7.57. The lowest BCUT2D eigenvalue weighted by Crippen LogP contribution is -2.34. The van der Waals surface area contributed by atoms with Crippen LogP contribution in [0.3, 0.4) is 0 Å². The second-order valence-electron chi connectivity index (χ2n) is 4.99. The van der Waals surface area contributed by atoms with Crippen molar-refractivity contribution in [2.75, 3.05) is 6.54 Å². The summed E-state index contributed by atoms with van der Waals surface area (Å²) in [5, 5.41) is 26.5. The summed E-state index contributed by atoms with van der Waals surface area (Å²) in [5.41, 5.74) is 2.31. The summed E-state index contributed by atoms with van der Waals surface area (Å²) in [6.45, 7) is -0.321. The Morgan fingerprint density at radius 2 is 2.04 bits per heavy atom. The molecule has 9 nitrogen and oxygen atoms in total. The van der Waals surface area contributed by atoms with E-state index in [2.05, 4.69) is 15.8 Å². The number of hydrazone groups is 1. The number of nitrogens with zero attached hydrogens (tertiary/aromatic N) is 2. The van der Waals surface area contributed by atoms with Gasteiger partial charge in [0, 0.05) is 22.2 Å². The van der Waals surface area contributed by atoms with Crippen LogP contribution in [0.25, 0.3) is 0 Å². The topological polar surface area (TPSA) is 134 Å². The van der Waals surface area contributed by atoms with Gasteiger partial charge in [0.15, 0.2) is 5.75 Å². The molecule has 0 atom stereocenters. The van der Waals surface area contributed by atoms with Gasteiger partial charge in [0.05, 0.1) is 17.7 Å². The molecule has 0 saturated carbocycles. The highest BCUT2D eigenvalue weighted by Gasteiger charge is 2.13. The molecule has 0 radical (unpaired) electrons. The van der Waals surface area contributed by atoms with E-state index in [0.29, 0.717) is 16.1 Å². The molecule has 2 amide bonds. The molecule has 2 rings (SSSR count). The second-order valence-corrected chi connectivity index (χ2v) is 5.43. The minimum absolute atomic E-state index is 0.303. The third-order valence-corrected chi connectivity index (χ3v) is 3.33. The number of nitrogens with one attached hydrogen (secondary N) is 2. The van der Waals surface area contributed by atoms with Crippen molar-refractivity contribution in [2.24, 2.45) is 5.10 Å². The monoisotopic (exact) mass is 376 g/mol. The molecule has 0 aliphatic heterocycles. The highest BCUT2D eigenvalue weighted by Crippen LogP contribution is 2.25. The van der Waals surface area contributed by atoms with Crippen LogP contribution in [-0.4, -0.2) is 34.6 Å². The van der Waals surface area contributed by atoms with E-state index in [-0.39, 0.29) is 6.54 Å². The fourth-order valence-corrected chi connectivity index (χ4v) is 2.07. The minimum atomic E-state index is -0.739. The summed E-state index contributed by atoms with van der Waals surface area (Å²) in [6, 6.07) is 9.88. The Morgan fingerprint density at radius 3 is 2.73 bits per heavy atom. The zero-order valence-corrected chi connectivity index (χ0v) is 13.9. The summed E-state index contributed by atoms with van der Waals surface area (Å²) in [7, 11) is 0. The van der Waals surface area contributed by atoms with Crippen LogP contribution in [0.15, 0.2) is 47.6 Å². The zero-order valence-electron chi connectivity index (χ0n) is 13.2. The Hall–Kier alpha value is -3.46. The summed E-state index contributed by atoms with van der Waals surface area (Å²) in [4.78, 5) is 33.5. The number of rotatable bonds is 6. The maximum absolute atomic E-state index is 11.9. The van der Waals surface area contributed by atoms with E-state index in [9.17, 15) is 24.8 Å². The van der Waals surface area contributed by atoms with Gasteiger partial charge in [-0.15, -0.1) is 0 Å². The van der Waals surface area contributed by atoms with Crippen molar-refractivity contribution in [1.82, 2.24) is 10.7 Å². The number of benzene rings is 2. The maximum Gasteiger partial charge on any atom is 0.311 e.